The summed E-state index contributed by atoms with van der Waals surface area (Å²) in [6, 6.07) is 7.65. The van der Waals surface area contributed by atoms with E-state index in [2.05, 4.69) is 20.8 Å². The lowest BCUT2D eigenvalue weighted by molar-refractivity contribution is -0.139. The molecular weight excluding hydrogens is 512 g/mol. The molecule has 1 aliphatic heterocycles. The van der Waals surface area contributed by atoms with Crippen LogP contribution in [0.4, 0.5) is 23.2 Å². The third-order valence-corrected chi connectivity index (χ3v) is 6.93. The topological polar surface area (TPSA) is 88.2 Å². The molecule has 0 saturated carbocycles. The fourth-order valence-electron chi connectivity index (χ4n) is 4.44. The fourth-order valence-corrected chi connectivity index (χ4v) is 5.08. The van der Waals surface area contributed by atoms with Crippen LogP contribution in [-0.2, 0) is 13.1 Å². The number of nitrogens with one attached hydrogen (secondary N) is 2. The van der Waals surface area contributed by atoms with E-state index in [9.17, 15) is 22.4 Å². The molecule has 1 aliphatic rings. The van der Waals surface area contributed by atoms with Crippen molar-refractivity contribution >= 4 is 33.8 Å². The monoisotopic (exact) mass is 536 g/mol. The first-order valence-corrected chi connectivity index (χ1v) is 12.5. The van der Waals surface area contributed by atoms with Gasteiger partial charge in [0, 0.05) is 35.1 Å². The Bertz CT molecular complexity index is 1380. The van der Waals surface area contributed by atoms with Gasteiger partial charge < -0.3 is 24.6 Å². The van der Waals surface area contributed by atoms with Gasteiger partial charge in [0.2, 0.25) is 0 Å². The number of halogens is 4. The molecule has 8 nitrogen and oxygen atoms in total. The fraction of sp³-hybridized carbons (Fsp3) is 0.375. The highest BCUT2D eigenvalue weighted by Crippen LogP contribution is 2.35. The molecule has 0 bridgehead atoms. The quantitative estimate of drug-likeness (QED) is 0.333. The van der Waals surface area contributed by atoms with Gasteiger partial charge >= 0.3 is 6.18 Å². The lowest BCUT2D eigenvalue weighted by Crippen LogP contribution is -2.46. The molecule has 13 heteroatoms. The molecular formula is C24H24F4N6O2S. The van der Waals surface area contributed by atoms with Crippen LogP contribution < -0.4 is 10.6 Å². The molecule has 196 valence electrons. The first-order chi connectivity index (χ1) is 17.7. The van der Waals surface area contributed by atoms with E-state index in [1.165, 1.54) is 17.4 Å². The molecule has 1 amide bonds. The van der Waals surface area contributed by atoms with E-state index >= 15 is 0 Å². The van der Waals surface area contributed by atoms with Crippen molar-refractivity contribution in [3.63, 3.8) is 0 Å². The van der Waals surface area contributed by atoms with Crippen LogP contribution in [0.3, 0.4) is 0 Å². The maximum absolute atomic E-state index is 14.7. The van der Waals surface area contributed by atoms with Crippen molar-refractivity contribution < 1.29 is 26.9 Å². The van der Waals surface area contributed by atoms with Crippen molar-refractivity contribution in [2.45, 2.75) is 37.9 Å². The average Bonchev–Trinajstić information content (AvgIpc) is 3.59. The Morgan fingerprint density at radius 3 is 2.86 bits per heavy atom. The highest BCUT2D eigenvalue weighted by molar-refractivity contribution is 7.08. The molecule has 2 N–H and O–H groups in total. The summed E-state index contributed by atoms with van der Waals surface area (Å²) < 4.78 is 61.7. The number of likely N-dealkylation sites (tertiary alicyclic amines) is 1. The van der Waals surface area contributed by atoms with E-state index in [1.54, 1.807) is 35.0 Å². The molecule has 4 heterocycles. The van der Waals surface area contributed by atoms with Crippen molar-refractivity contribution in [2.24, 2.45) is 0 Å². The first kappa shape index (κ1) is 25.2. The smallest absolute Gasteiger partial charge is 0.379 e. The molecule has 4 aromatic rings. The van der Waals surface area contributed by atoms with Crippen molar-refractivity contribution in [2.75, 3.05) is 25.5 Å². The highest BCUT2D eigenvalue weighted by Gasteiger charge is 2.32. The maximum Gasteiger partial charge on any atom is 0.406 e. The number of nitrogens with zero attached hydrogens (tertiary/aromatic N) is 4. The highest BCUT2D eigenvalue weighted by atomic mass is 32.1. The van der Waals surface area contributed by atoms with Gasteiger partial charge in [-0.15, -0.1) is 0 Å². The van der Waals surface area contributed by atoms with Gasteiger partial charge in [-0.2, -0.15) is 29.5 Å². The number of piperidine rings is 1. The molecule has 5 rings (SSSR count). The summed E-state index contributed by atoms with van der Waals surface area (Å²) in [5.41, 5.74) is 1.38. The molecule has 1 saturated heterocycles. The normalized spacial score (nSPS) is 18.8. The molecule has 3 aromatic heterocycles. The number of thiophene rings is 1. The van der Waals surface area contributed by atoms with Gasteiger partial charge in [0.15, 0.2) is 5.82 Å². The van der Waals surface area contributed by atoms with Crippen molar-refractivity contribution in [3.05, 3.63) is 52.5 Å². The summed E-state index contributed by atoms with van der Waals surface area (Å²) in [5.74, 6) is -0.323. The average molecular weight is 537 g/mol. The van der Waals surface area contributed by atoms with Crippen molar-refractivity contribution in [1.82, 2.24) is 24.9 Å². The molecule has 0 spiro atoms. The van der Waals surface area contributed by atoms with Crippen molar-refractivity contribution in [3.8, 4) is 11.6 Å². The summed E-state index contributed by atoms with van der Waals surface area (Å²) in [7, 11) is 1.85. The van der Waals surface area contributed by atoms with Gasteiger partial charge in [0.1, 0.15) is 18.4 Å². The molecule has 1 fully saturated rings. The van der Waals surface area contributed by atoms with E-state index < -0.39 is 24.9 Å². The Morgan fingerprint density at radius 2 is 2.14 bits per heavy atom. The summed E-state index contributed by atoms with van der Waals surface area (Å²) in [5, 5.41) is 13.6. The Balaban J connectivity index is 1.45. The Kier molecular flexibility index (Phi) is 6.90. The number of fused-ring (bicyclic) bond motifs is 1. The van der Waals surface area contributed by atoms with Crippen LogP contribution in [0.25, 0.3) is 22.5 Å². The van der Waals surface area contributed by atoms with E-state index in [0.29, 0.717) is 35.1 Å². The lowest BCUT2D eigenvalue weighted by atomic mass is 10.0. The SMILES string of the molecule is CN1CC[C@H](Nc2cccc3c2cc(-c2nc(CNC(=O)c4ccsc4)no2)n3CC(F)(F)F)[C@H](F)C1. The largest absolute Gasteiger partial charge is 0.406 e. The van der Waals surface area contributed by atoms with E-state index in [0.717, 1.165) is 4.57 Å². The Hall–Kier alpha value is -3.45. The molecule has 0 unspecified atom stereocenters. The lowest BCUT2D eigenvalue weighted by Gasteiger charge is -2.33. The zero-order valence-corrected chi connectivity index (χ0v) is 20.6. The van der Waals surface area contributed by atoms with Crippen LogP contribution in [-0.4, -0.2) is 64.0 Å². The van der Waals surface area contributed by atoms with Gasteiger partial charge in [-0.3, -0.25) is 4.79 Å². The van der Waals surface area contributed by atoms with Gasteiger partial charge in [0.05, 0.1) is 18.1 Å². The minimum absolute atomic E-state index is 0.0570. The van der Waals surface area contributed by atoms with Crippen molar-refractivity contribution in [1.29, 1.82) is 0 Å². The zero-order valence-electron chi connectivity index (χ0n) is 19.8. The number of benzene rings is 1. The van der Waals surface area contributed by atoms with Crippen LogP contribution in [0.2, 0.25) is 0 Å². The zero-order chi connectivity index (χ0) is 26.2. The number of anilines is 1. The molecule has 0 radical (unpaired) electrons. The van der Waals surface area contributed by atoms with Gasteiger partial charge in [-0.05, 0) is 43.1 Å². The van der Waals surface area contributed by atoms with E-state index in [-0.39, 0.29) is 36.4 Å². The number of alkyl halides is 4. The molecule has 2 atom stereocenters. The standard InChI is InChI=1S/C24H24F4N6O2S/c1-33-7-5-18(16(25)11-33)30-17-3-2-4-19-15(17)9-20(34(19)13-24(26,27)28)23-31-21(32-36-23)10-29-22(35)14-6-8-37-12-14/h2-4,6,8-9,12,16,18,30H,5,7,10-11,13H2,1H3,(H,29,35)/t16-,18+/m1/s1. The second-order valence-corrected chi connectivity index (χ2v) is 9.78. The minimum Gasteiger partial charge on any atom is -0.379 e. The third kappa shape index (κ3) is 5.62. The molecule has 37 heavy (non-hydrogen) atoms. The number of rotatable bonds is 7. The third-order valence-electron chi connectivity index (χ3n) is 6.25. The summed E-state index contributed by atoms with van der Waals surface area (Å²) in [4.78, 5) is 18.3. The summed E-state index contributed by atoms with van der Waals surface area (Å²) >= 11 is 1.38. The second kappa shape index (κ2) is 10.1. The van der Waals surface area contributed by atoms with E-state index in [1.807, 2.05) is 11.9 Å². The number of amides is 1. The molecule has 0 aliphatic carbocycles. The van der Waals surface area contributed by atoms with Crippen LogP contribution in [0, 0.1) is 0 Å². The summed E-state index contributed by atoms with van der Waals surface area (Å²) in [6.45, 7) is -0.343. The number of hydrogen-bond donors (Lipinski definition) is 2. The maximum atomic E-state index is 14.7. The second-order valence-electron chi connectivity index (χ2n) is 9.00. The number of hydrogen-bond acceptors (Lipinski definition) is 7. The number of aromatic nitrogens is 3. The van der Waals surface area contributed by atoms with Crippen LogP contribution >= 0.6 is 11.3 Å². The number of carbonyl (C=O) groups excluding carboxylic acids is 1. The Labute approximate surface area is 213 Å². The predicted octanol–water partition coefficient (Wildman–Crippen LogP) is 4.70. The van der Waals surface area contributed by atoms with Crippen LogP contribution in [0.15, 0.2) is 45.6 Å². The molecule has 1 aromatic carbocycles. The van der Waals surface area contributed by atoms with E-state index in [4.69, 9.17) is 4.52 Å². The van der Waals surface area contributed by atoms with Gasteiger partial charge in [-0.1, -0.05) is 11.2 Å². The van der Waals surface area contributed by atoms with Gasteiger partial charge in [0.25, 0.3) is 11.8 Å². The Morgan fingerprint density at radius 1 is 1.30 bits per heavy atom. The first-order valence-electron chi connectivity index (χ1n) is 11.6. The summed E-state index contributed by atoms with van der Waals surface area (Å²) in [6.07, 6.45) is -5.07. The number of carbonyl (C=O) groups is 1. The predicted molar refractivity (Wildman–Crippen MR) is 131 cm³/mol. The van der Waals surface area contributed by atoms with Crippen LogP contribution in [0.5, 0.6) is 0 Å². The minimum atomic E-state index is -4.51. The van der Waals surface area contributed by atoms with Gasteiger partial charge in [-0.25, -0.2) is 4.39 Å². The van der Waals surface area contributed by atoms with Crippen LogP contribution in [0.1, 0.15) is 22.6 Å².